The van der Waals surface area contributed by atoms with Gasteiger partial charge in [-0.1, -0.05) is 41.9 Å². The highest BCUT2D eigenvalue weighted by atomic mass is 79.9. The highest BCUT2D eigenvalue weighted by Crippen LogP contribution is 2.26. The van der Waals surface area contributed by atoms with Gasteiger partial charge in [0.25, 0.3) is 0 Å². The lowest BCUT2D eigenvalue weighted by Gasteiger charge is -2.08. The molecule has 0 spiro atoms. The number of aryl methyl sites for hydroxylation is 1. The molecule has 1 radical (unpaired) electrons. The topological polar surface area (TPSA) is 0 Å². The summed E-state index contributed by atoms with van der Waals surface area (Å²) in [5.74, 6) is 0.546. The second-order valence-corrected chi connectivity index (χ2v) is 3.84. The van der Waals surface area contributed by atoms with Crippen molar-refractivity contribution in [2.24, 2.45) is 0 Å². The number of hydrogen-bond donors (Lipinski definition) is 0. The van der Waals surface area contributed by atoms with E-state index in [0.29, 0.717) is 5.92 Å². The maximum absolute atomic E-state index is 3.55. The monoisotopic (exact) mass is 211 g/mol. The van der Waals surface area contributed by atoms with Crippen molar-refractivity contribution in [3.63, 3.8) is 0 Å². The summed E-state index contributed by atoms with van der Waals surface area (Å²) in [4.78, 5) is 0. The highest BCUT2D eigenvalue weighted by Gasteiger charge is 2.05. The van der Waals surface area contributed by atoms with Crippen LogP contribution in [0.25, 0.3) is 0 Å². The minimum atomic E-state index is 0.546. The molecule has 1 heteroatoms. The first-order valence-electron chi connectivity index (χ1n) is 3.79. The van der Waals surface area contributed by atoms with Gasteiger partial charge in [-0.05, 0) is 30.0 Å². The third kappa shape index (κ3) is 1.84. The molecule has 0 saturated carbocycles. The Bertz CT molecular complexity index is 251. The van der Waals surface area contributed by atoms with Gasteiger partial charge in [0.2, 0.25) is 0 Å². The second kappa shape index (κ2) is 3.40. The highest BCUT2D eigenvalue weighted by molar-refractivity contribution is 9.10. The maximum atomic E-state index is 3.55. The zero-order chi connectivity index (χ0) is 8.43. The molecule has 0 fully saturated rings. The molecule has 11 heavy (non-hydrogen) atoms. The molecule has 0 aliphatic rings. The van der Waals surface area contributed by atoms with Crippen LogP contribution in [0.3, 0.4) is 0 Å². The van der Waals surface area contributed by atoms with E-state index in [9.17, 15) is 0 Å². The van der Waals surface area contributed by atoms with Gasteiger partial charge < -0.3 is 0 Å². The minimum Gasteiger partial charge on any atom is -0.0586 e. The van der Waals surface area contributed by atoms with Crippen LogP contribution in [0.4, 0.5) is 0 Å². The lowest BCUT2D eigenvalue weighted by Crippen LogP contribution is -1.90. The molecule has 0 aliphatic carbocycles. The quantitative estimate of drug-likeness (QED) is 0.666. The standard InChI is InChI=1S/C10H12Br/c1-7(2)9-6-4-5-8(3)10(9)11/h4-5,7H,1-3H3. The van der Waals surface area contributed by atoms with Crippen molar-refractivity contribution in [2.75, 3.05) is 0 Å². The largest absolute Gasteiger partial charge is 0.0586 e. The maximum Gasteiger partial charge on any atom is 0.0245 e. The molecule has 0 saturated heterocycles. The zero-order valence-electron chi connectivity index (χ0n) is 7.11. The fraction of sp³-hybridized carbons (Fsp3) is 0.400. The van der Waals surface area contributed by atoms with Gasteiger partial charge in [0.15, 0.2) is 0 Å². The molecule has 0 amide bonds. The van der Waals surface area contributed by atoms with Crippen LogP contribution < -0.4 is 0 Å². The Balaban J connectivity index is 3.17. The van der Waals surface area contributed by atoms with E-state index in [1.165, 1.54) is 15.6 Å². The van der Waals surface area contributed by atoms with Gasteiger partial charge in [0.05, 0.1) is 0 Å². The molecule has 1 rings (SSSR count). The van der Waals surface area contributed by atoms with Crippen molar-refractivity contribution in [3.05, 3.63) is 33.8 Å². The summed E-state index contributed by atoms with van der Waals surface area (Å²) in [6.45, 7) is 6.45. The number of rotatable bonds is 1. The molecule has 0 aliphatic heterocycles. The van der Waals surface area contributed by atoms with Crippen molar-refractivity contribution >= 4 is 15.9 Å². The van der Waals surface area contributed by atoms with E-state index in [1.54, 1.807) is 0 Å². The van der Waals surface area contributed by atoms with Gasteiger partial charge in [0.1, 0.15) is 0 Å². The van der Waals surface area contributed by atoms with Crippen LogP contribution >= 0.6 is 15.9 Å². The molecule has 0 nitrogen and oxygen atoms in total. The average Bonchev–Trinajstić information content (AvgIpc) is 1.94. The number of benzene rings is 1. The van der Waals surface area contributed by atoms with E-state index >= 15 is 0 Å². The van der Waals surface area contributed by atoms with E-state index < -0.39 is 0 Å². The predicted molar refractivity (Wildman–Crippen MR) is 51.8 cm³/mol. The molecule has 1 aromatic carbocycles. The summed E-state index contributed by atoms with van der Waals surface area (Å²) in [7, 11) is 0. The molecular weight excluding hydrogens is 200 g/mol. The molecule has 1 aromatic rings. The minimum absolute atomic E-state index is 0.546. The van der Waals surface area contributed by atoms with Gasteiger partial charge in [0, 0.05) is 4.47 Å². The van der Waals surface area contributed by atoms with Gasteiger partial charge in [-0.2, -0.15) is 0 Å². The Hall–Kier alpha value is -0.300. The zero-order valence-corrected chi connectivity index (χ0v) is 8.70. The first-order valence-corrected chi connectivity index (χ1v) is 4.59. The van der Waals surface area contributed by atoms with Crippen LogP contribution in [-0.2, 0) is 0 Å². The Kier molecular flexibility index (Phi) is 2.72. The lowest BCUT2D eigenvalue weighted by atomic mass is 10.0. The van der Waals surface area contributed by atoms with Crippen LogP contribution in [-0.4, -0.2) is 0 Å². The fourth-order valence-electron chi connectivity index (χ4n) is 1.03. The van der Waals surface area contributed by atoms with Crippen LogP contribution in [0.2, 0.25) is 0 Å². The van der Waals surface area contributed by atoms with Gasteiger partial charge in [-0.15, -0.1) is 0 Å². The van der Waals surface area contributed by atoms with Crippen molar-refractivity contribution in [1.29, 1.82) is 0 Å². The predicted octanol–water partition coefficient (Wildman–Crippen LogP) is 3.68. The smallest absolute Gasteiger partial charge is 0.0245 e. The summed E-state index contributed by atoms with van der Waals surface area (Å²) in [5, 5.41) is 0. The Morgan fingerprint density at radius 3 is 2.55 bits per heavy atom. The first-order chi connectivity index (χ1) is 5.13. The molecule has 0 unspecified atom stereocenters. The summed E-state index contributed by atoms with van der Waals surface area (Å²) in [5.41, 5.74) is 2.55. The molecule has 0 heterocycles. The molecule has 0 bridgehead atoms. The summed E-state index contributed by atoms with van der Waals surface area (Å²) in [6, 6.07) is 7.28. The molecule has 0 N–H and O–H groups in total. The number of hydrogen-bond acceptors (Lipinski definition) is 0. The third-order valence-electron chi connectivity index (χ3n) is 1.73. The van der Waals surface area contributed by atoms with Crippen LogP contribution in [0.15, 0.2) is 16.6 Å². The summed E-state index contributed by atoms with van der Waals surface area (Å²) >= 11 is 3.55. The normalized spacial score (nSPS) is 10.6. The van der Waals surface area contributed by atoms with E-state index in [-0.39, 0.29) is 0 Å². The van der Waals surface area contributed by atoms with Crippen LogP contribution in [0, 0.1) is 13.0 Å². The third-order valence-corrected chi connectivity index (χ3v) is 2.78. The Morgan fingerprint density at radius 1 is 1.45 bits per heavy atom. The Morgan fingerprint density at radius 2 is 2.09 bits per heavy atom. The van der Waals surface area contributed by atoms with Crippen molar-refractivity contribution in [2.45, 2.75) is 26.7 Å². The molecular formula is C10H12Br. The van der Waals surface area contributed by atoms with Gasteiger partial charge in [-0.25, -0.2) is 0 Å². The molecule has 59 valence electrons. The van der Waals surface area contributed by atoms with Crippen LogP contribution in [0.5, 0.6) is 0 Å². The van der Waals surface area contributed by atoms with E-state index in [1.807, 2.05) is 6.07 Å². The van der Waals surface area contributed by atoms with Crippen molar-refractivity contribution < 1.29 is 0 Å². The van der Waals surface area contributed by atoms with Crippen molar-refractivity contribution in [3.8, 4) is 0 Å². The van der Waals surface area contributed by atoms with E-state index in [0.717, 1.165) is 0 Å². The fourth-order valence-corrected chi connectivity index (χ4v) is 1.73. The van der Waals surface area contributed by atoms with Gasteiger partial charge >= 0.3 is 0 Å². The summed E-state index contributed by atoms with van der Waals surface area (Å²) in [6.07, 6.45) is 0. The van der Waals surface area contributed by atoms with Crippen LogP contribution in [0.1, 0.15) is 30.9 Å². The second-order valence-electron chi connectivity index (χ2n) is 3.04. The molecule has 0 aromatic heterocycles. The first kappa shape index (κ1) is 8.79. The SMILES string of the molecule is Cc1cc[c]c(C(C)C)c1Br. The Labute approximate surface area is 76.8 Å². The molecule has 0 atom stereocenters. The van der Waals surface area contributed by atoms with Crippen molar-refractivity contribution in [1.82, 2.24) is 0 Å². The number of halogens is 1. The van der Waals surface area contributed by atoms with Gasteiger partial charge in [-0.3, -0.25) is 0 Å². The average molecular weight is 212 g/mol. The van der Waals surface area contributed by atoms with E-state index in [2.05, 4.69) is 48.8 Å². The van der Waals surface area contributed by atoms with E-state index in [4.69, 9.17) is 0 Å². The summed E-state index contributed by atoms with van der Waals surface area (Å²) < 4.78 is 1.20. The lowest BCUT2D eigenvalue weighted by molar-refractivity contribution is 0.856.